The number of benzene rings is 2. The van der Waals surface area contributed by atoms with E-state index in [0.29, 0.717) is 15.7 Å². The Labute approximate surface area is 149 Å². The van der Waals surface area contributed by atoms with Crippen LogP contribution in [0.3, 0.4) is 0 Å². The summed E-state index contributed by atoms with van der Waals surface area (Å²) in [6.07, 6.45) is 3.38. The third-order valence-electron chi connectivity index (χ3n) is 4.03. The van der Waals surface area contributed by atoms with Crippen LogP contribution in [-0.2, 0) is 14.1 Å². The molecule has 0 saturated heterocycles. The highest BCUT2D eigenvalue weighted by atomic mass is 35.5. The van der Waals surface area contributed by atoms with Crippen molar-refractivity contribution in [2.24, 2.45) is 14.1 Å². The van der Waals surface area contributed by atoms with Crippen molar-refractivity contribution in [1.29, 1.82) is 0 Å². The number of halogens is 1. The Morgan fingerprint density at radius 1 is 0.760 bits per heavy atom. The smallest absolute Gasteiger partial charge is 0.274 e. The largest absolute Gasteiger partial charge is 0.305 e. The quantitative estimate of drug-likeness (QED) is 0.699. The summed E-state index contributed by atoms with van der Waals surface area (Å²) in [6, 6.07) is 16.6. The third-order valence-corrected chi connectivity index (χ3v) is 4.26. The molecule has 126 valence electrons. The minimum Gasteiger partial charge on any atom is -0.305 e. The normalized spacial score (nSPS) is 12.6. The molecule has 0 saturated carbocycles. The van der Waals surface area contributed by atoms with Gasteiger partial charge in [-0.05, 0) is 35.4 Å². The lowest BCUT2D eigenvalue weighted by Gasteiger charge is -2.05. The molecule has 0 aliphatic rings. The lowest BCUT2D eigenvalue weighted by atomic mass is 10.2. The van der Waals surface area contributed by atoms with Gasteiger partial charge < -0.3 is 9.13 Å². The second-order valence-electron chi connectivity index (χ2n) is 5.75. The minimum atomic E-state index is -0.246. The lowest BCUT2D eigenvalue weighted by molar-refractivity contribution is 0.696. The Bertz CT molecular complexity index is 1160. The highest BCUT2D eigenvalue weighted by Gasteiger charge is 2.05. The molecule has 0 unspecified atom stereocenters. The minimum absolute atomic E-state index is 0.237. The van der Waals surface area contributed by atoms with E-state index in [0.717, 1.165) is 11.1 Å². The molecule has 0 aliphatic carbocycles. The van der Waals surface area contributed by atoms with E-state index in [-0.39, 0.29) is 11.1 Å². The first kappa shape index (κ1) is 17.0. The first-order valence-corrected chi connectivity index (χ1v) is 8.15. The van der Waals surface area contributed by atoms with Crippen LogP contribution in [0, 0.1) is 0 Å². The summed E-state index contributed by atoms with van der Waals surface area (Å²) in [5.41, 5.74) is 1.14. The second kappa shape index (κ2) is 6.95. The summed E-state index contributed by atoms with van der Waals surface area (Å²) in [6.45, 7) is 0. The summed E-state index contributed by atoms with van der Waals surface area (Å²) >= 11 is 5.99. The standard InChI is InChI=1S/C20H17ClN2O2/c1-22-17(12-14-7-4-3-5-8-14)19(24)23(2)18(20(22)25)13-15-9-6-10-16(21)11-15/h3-13H,1-2H3. The van der Waals surface area contributed by atoms with Gasteiger partial charge in [-0.2, -0.15) is 0 Å². The summed E-state index contributed by atoms with van der Waals surface area (Å²) in [5, 5.41) is 1.21. The van der Waals surface area contributed by atoms with E-state index >= 15 is 0 Å². The van der Waals surface area contributed by atoms with Crippen LogP contribution >= 0.6 is 11.6 Å². The molecule has 0 bridgehead atoms. The molecule has 0 spiro atoms. The summed E-state index contributed by atoms with van der Waals surface area (Å²) in [4.78, 5) is 25.5. The van der Waals surface area contributed by atoms with Crippen LogP contribution in [0.1, 0.15) is 11.1 Å². The van der Waals surface area contributed by atoms with Gasteiger partial charge >= 0.3 is 0 Å². The summed E-state index contributed by atoms with van der Waals surface area (Å²) in [5.74, 6) is 0. The Hall–Kier alpha value is -2.85. The molecular weight excluding hydrogens is 336 g/mol. The van der Waals surface area contributed by atoms with Crippen LogP contribution in [0.4, 0.5) is 0 Å². The average molecular weight is 353 g/mol. The molecule has 4 nitrogen and oxygen atoms in total. The van der Waals surface area contributed by atoms with E-state index in [1.165, 1.54) is 9.13 Å². The van der Waals surface area contributed by atoms with Gasteiger partial charge in [0.1, 0.15) is 10.7 Å². The van der Waals surface area contributed by atoms with Gasteiger partial charge in [-0.3, -0.25) is 9.59 Å². The fraction of sp³-hybridized carbons (Fsp3) is 0.100. The molecule has 0 atom stereocenters. The fourth-order valence-corrected chi connectivity index (χ4v) is 2.83. The Morgan fingerprint density at radius 3 is 1.84 bits per heavy atom. The third kappa shape index (κ3) is 3.49. The van der Waals surface area contributed by atoms with E-state index in [2.05, 4.69) is 0 Å². The number of aromatic nitrogens is 2. The Balaban J connectivity index is 2.31. The Morgan fingerprint density at radius 2 is 1.28 bits per heavy atom. The number of hydrogen-bond donors (Lipinski definition) is 0. The van der Waals surface area contributed by atoms with Gasteiger partial charge in [-0.15, -0.1) is 0 Å². The maximum Gasteiger partial charge on any atom is 0.274 e. The second-order valence-corrected chi connectivity index (χ2v) is 6.19. The molecule has 2 aromatic carbocycles. The Kier molecular flexibility index (Phi) is 4.72. The molecule has 0 radical (unpaired) electrons. The zero-order valence-electron chi connectivity index (χ0n) is 13.9. The van der Waals surface area contributed by atoms with Crippen LogP contribution in [-0.4, -0.2) is 9.13 Å². The average Bonchev–Trinajstić information content (AvgIpc) is 2.62. The van der Waals surface area contributed by atoms with Crippen LogP contribution < -0.4 is 21.8 Å². The fourth-order valence-electron chi connectivity index (χ4n) is 2.63. The molecule has 3 aromatic rings. The van der Waals surface area contributed by atoms with Crippen molar-refractivity contribution in [1.82, 2.24) is 9.13 Å². The maximum atomic E-state index is 12.8. The van der Waals surface area contributed by atoms with Crippen LogP contribution in [0.5, 0.6) is 0 Å². The highest BCUT2D eigenvalue weighted by molar-refractivity contribution is 6.30. The number of nitrogens with zero attached hydrogens (tertiary/aromatic N) is 2. The van der Waals surface area contributed by atoms with Gasteiger partial charge in [0.05, 0.1) is 0 Å². The van der Waals surface area contributed by atoms with Crippen molar-refractivity contribution in [2.75, 3.05) is 0 Å². The summed E-state index contributed by atoms with van der Waals surface area (Å²) < 4.78 is 2.75. The first-order chi connectivity index (χ1) is 12.0. The van der Waals surface area contributed by atoms with Gasteiger partial charge in [-0.1, -0.05) is 54.1 Å². The lowest BCUT2D eigenvalue weighted by Crippen LogP contribution is -2.56. The predicted octanol–water partition coefficient (Wildman–Crippen LogP) is 1.39. The van der Waals surface area contributed by atoms with Crippen LogP contribution in [0.15, 0.2) is 64.2 Å². The van der Waals surface area contributed by atoms with Crippen LogP contribution in [0.25, 0.3) is 12.2 Å². The zero-order valence-corrected chi connectivity index (χ0v) is 14.7. The van der Waals surface area contributed by atoms with E-state index in [9.17, 15) is 9.59 Å². The van der Waals surface area contributed by atoms with Crippen molar-refractivity contribution < 1.29 is 0 Å². The molecule has 0 aliphatic heterocycles. The molecule has 1 aromatic heterocycles. The summed E-state index contributed by atoms with van der Waals surface area (Å²) in [7, 11) is 3.20. The van der Waals surface area contributed by atoms with Crippen molar-refractivity contribution in [3.05, 3.63) is 102 Å². The van der Waals surface area contributed by atoms with Gasteiger partial charge in [0.2, 0.25) is 0 Å². The maximum absolute atomic E-state index is 12.8. The highest BCUT2D eigenvalue weighted by Crippen LogP contribution is 2.10. The van der Waals surface area contributed by atoms with Gasteiger partial charge in [0.25, 0.3) is 11.1 Å². The van der Waals surface area contributed by atoms with Gasteiger partial charge in [0, 0.05) is 19.1 Å². The molecule has 0 fully saturated rings. The zero-order chi connectivity index (χ0) is 18.0. The van der Waals surface area contributed by atoms with Crippen LogP contribution in [0.2, 0.25) is 5.02 Å². The molecule has 1 heterocycles. The molecular formula is C20H17ClN2O2. The monoisotopic (exact) mass is 352 g/mol. The van der Waals surface area contributed by atoms with Crippen molar-refractivity contribution in [3.8, 4) is 0 Å². The van der Waals surface area contributed by atoms with Crippen molar-refractivity contribution >= 4 is 23.8 Å². The molecule has 25 heavy (non-hydrogen) atoms. The molecule has 3 rings (SSSR count). The van der Waals surface area contributed by atoms with E-state index in [1.54, 1.807) is 44.4 Å². The molecule has 0 amide bonds. The first-order valence-electron chi connectivity index (χ1n) is 7.77. The van der Waals surface area contributed by atoms with E-state index in [4.69, 9.17) is 11.6 Å². The van der Waals surface area contributed by atoms with E-state index in [1.807, 2.05) is 36.4 Å². The predicted molar refractivity (Wildman–Crippen MR) is 101 cm³/mol. The topological polar surface area (TPSA) is 44.0 Å². The molecule has 5 heteroatoms. The SMILES string of the molecule is Cn1c(=O)c(=Cc2cccc(Cl)c2)n(C)c(=O)c1=Cc1ccccc1. The van der Waals surface area contributed by atoms with Gasteiger partial charge in [-0.25, -0.2) is 0 Å². The van der Waals surface area contributed by atoms with Crippen molar-refractivity contribution in [3.63, 3.8) is 0 Å². The van der Waals surface area contributed by atoms with E-state index < -0.39 is 0 Å². The van der Waals surface area contributed by atoms with Gasteiger partial charge in [0.15, 0.2) is 0 Å². The number of rotatable bonds is 2. The van der Waals surface area contributed by atoms with Crippen molar-refractivity contribution in [2.45, 2.75) is 0 Å². The number of hydrogen-bond acceptors (Lipinski definition) is 2. The molecule has 0 N–H and O–H groups in total.